The monoisotopic (exact) mass is 681 g/mol. The molecule has 0 aliphatic heterocycles. The summed E-state index contributed by atoms with van der Waals surface area (Å²) in [6, 6.07) is 69.8. The van der Waals surface area contributed by atoms with Crippen molar-refractivity contribution in [3.63, 3.8) is 0 Å². The highest BCUT2D eigenvalue weighted by molar-refractivity contribution is 6.05. The van der Waals surface area contributed by atoms with Gasteiger partial charge in [-0.1, -0.05) is 140 Å². The van der Waals surface area contributed by atoms with Crippen LogP contribution in [0.25, 0.3) is 44.2 Å². The molecular weight excluding hydrogens is 643 g/mol. The van der Waals surface area contributed by atoms with Crippen LogP contribution in [0.5, 0.6) is 0 Å². The summed E-state index contributed by atoms with van der Waals surface area (Å²) in [5.74, 6) is 0.0917. The molecule has 1 unspecified atom stereocenters. The average Bonchev–Trinajstić information content (AvgIpc) is 3.58. The molecule has 8 aromatic carbocycles. The number of hydrogen-bond acceptors (Lipinski definition) is 2. The van der Waals surface area contributed by atoms with Crippen molar-refractivity contribution in [3.05, 3.63) is 222 Å². The minimum Gasteiger partial charge on any atom is -0.456 e. The smallest absolute Gasteiger partial charge is 0.135 e. The van der Waals surface area contributed by atoms with E-state index in [0.29, 0.717) is 0 Å². The Balaban J connectivity index is 1.05. The summed E-state index contributed by atoms with van der Waals surface area (Å²) in [5, 5.41) is 2.30. The molecule has 1 atom stereocenters. The van der Waals surface area contributed by atoms with Crippen molar-refractivity contribution < 1.29 is 4.42 Å². The van der Waals surface area contributed by atoms with Gasteiger partial charge in [0.1, 0.15) is 11.2 Å². The van der Waals surface area contributed by atoms with Crippen LogP contribution in [0.1, 0.15) is 33.7 Å². The molecule has 1 aromatic heterocycles. The predicted molar refractivity (Wildman–Crippen MR) is 223 cm³/mol. The maximum Gasteiger partial charge on any atom is 0.135 e. The summed E-state index contributed by atoms with van der Waals surface area (Å²) < 4.78 is 6.17. The van der Waals surface area contributed by atoms with Gasteiger partial charge >= 0.3 is 0 Å². The molecule has 9 rings (SSSR count). The summed E-state index contributed by atoms with van der Waals surface area (Å²) in [4.78, 5) is 2.33. The quantitative estimate of drug-likeness (QED) is 0.148. The first-order valence-electron chi connectivity index (χ1n) is 18.3. The van der Waals surface area contributed by atoms with Crippen molar-refractivity contribution in [1.82, 2.24) is 0 Å². The Kier molecular flexibility index (Phi) is 8.42. The molecule has 0 N–H and O–H groups in total. The number of anilines is 3. The van der Waals surface area contributed by atoms with E-state index in [1.807, 2.05) is 12.1 Å². The first-order valence-corrected chi connectivity index (χ1v) is 18.3. The van der Waals surface area contributed by atoms with Crippen LogP contribution in [0.15, 0.2) is 199 Å². The van der Waals surface area contributed by atoms with E-state index in [2.05, 4.69) is 201 Å². The van der Waals surface area contributed by atoms with Crippen LogP contribution < -0.4 is 4.90 Å². The first kappa shape index (κ1) is 32.3. The fourth-order valence-electron chi connectivity index (χ4n) is 7.80. The molecule has 0 spiro atoms. The minimum atomic E-state index is 0.0917. The Bertz CT molecular complexity index is 2640. The Labute approximate surface area is 311 Å². The molecule has 0 saturated carbocycles. The second-order valence-electron chi connectivity index (χ2n) is 13.9. The summed E-state index contributed by atoms with van der Waals surface area (Å²) in [5.41, 5.74) is 16.4. The van der Waals surface area contributed by atoms with E-state index >= 15 is 0 Å². The highest BCUT2D eigenvalue weighted by Crippen LogP contribution is 2.40. The summed E-state index contributed by atoms with van der Waals surface area (Å²) in [6.45, 7) is 4.43. The Morgan fingerprint density at radius 2 is 0.962 bits per heavy atom. The number of fused-ring (bicyclic) bond motifs is 3. The lowest BCUT2D eigenvalue weighted by Gasteiger charge is -2.26. The summed E-state index contributed by atoms with van der Waals surface area (Å²) in [7, 11) is 0. The van der Waals surface area contributed by atoms with Gasteiger partial charge in [0, 0.05) is 33.8 Å². The summed E-state index contributed by atoms with van der Waals surface area (Å²) >= 11 is 0. The van der Waals surface area contributed by atoms with Crippen LogP contribution in [0.2, 0.25) is 0 Å². The normalized spacial score (nSPS) is 11.9. The molecule has 0 radical (unpaired) electrons. The molecule has 0 amide bonds. The van der Waals surface area contributed by atoms with E-state index < -0.39 is 0 Å². The predicted octanol–water partition coefficient (Wildman–Crippen LogP) is 14.2. The average molecular weight is 682 g/mol. The molecule has 53 heavy (non-hydrogen) atoms. The van der Waals surface area contributed by atoms with Crippen molar-refractivity contribution in [1.29, 1.82) is 0 Å². The molecule has 254 valence electrons. The molecule has 0 fully saturated rings. The van der Waals surface area contributed by atoms with E-state index in [0.717, 1.165) is 39.0 Å². The van der Waals surface area contributed by atoms with E-state index in [-0.39, 0.29) is 5.92 Å². The van der Waals surface area contributed by atoms with Crippen LogP contribution in [0.3, 0.4) is 0 Å². The maximum atomic E-state index is 6.17. The fraction of sp³-hybridized carbons (Fsp3) is 0.0588. The van der Waals surface area contributed by atoms with Gasteiger partial charge in [0.05, 0.1) is 0 Å². The van der Waals surface area contributed by atoms with Crippen LogP contribution in [0.4, 0.5) is 17.1 Å². The standard InChI is InChI=1S/C51H39NO/c1-35-22-29-44(52(42-16-8-4-9-17-42)43-18-10-5-11-19-43)34-47(35)45-30-27-40(32-36(45)2)37-23-25-39(26-24-37)51(38-14-6-3-7-15-38)41-28-31-50-48(33-41)46-20-12-13-21-49(46)53-50/h3-34,51H,1-2H3. The van der Waals surface area contributed by atoms with E-state index in [1.165, 1.54) is 50.1 Å². The van der Waals surface area contributed by atoms with Gasteiger partial charge in [-0.15, -0.1) is 0 Å². The van der Waals surface area contributed by atoms with Crippen LogP contribution in [-0.4, -0.2) is 0 Å². The number of benzene rings is 8. The lowest BCUT2D eigenvalue weighted by molar-refractivity contribution is 0.668. The molecule has 0 aliphatic rings. The van der Waals surface area contributed by atoms with Gasteiger partial charge in [0.15, 0.2) is 0 Å². The van der Waals surface area contributed by atoms with Gasteiger partial charge in [0.2, 0.25) is 0 Å². The van der Waals surface area contributed by atoms with Crippen molar-refractivity contribution in [3.8, 4) is 22.3 Å². The number of hydrogen-bond donors (Lipinski definition) is 0. The number of rotatable bonds is 8. The van der Waals surface area contributed by atoms with Crippen LogP contribution in [-0.2, 0) is 0 Å². The van der Waals surface area contributed by atoms with Crippen LogP contribution in [0, 0.1) is 13.8 Å². The highest BCUT2D eigenvalue weighted by Gasteiger charge is 2.20. The zero-order chi connectivity index (χ0) is 35.7. The first-order chi connectivity index (χ1) is 26.1. The molecule has 0 bridgehead atoms. The number of furan rings is 1. The van der Waals surface area contributed by atoms with Crippen molar-refractivity contribution >= 4 is 39.0 Å². The highest BCUT2D eigenvalue weighted by atomic mass is 16.3. The van der Waals surface area contributed by atoms with Gasteiger partial charge in [-0.25, -0.2) is 0 Å². The van der Waals surface area contributed by atoms with E-state index in [9.17, 15) is 0 Å². The summed E-state index contributed by atoms with van der Waals surface area (Å²) in [6.07, 6.45) is 0. The van der Waals surface area contributed by atoms with Gasteiger partial charge in [-0.2, -0.15) is 0 Å². The second kappa shape index (κ2) is 13.8. The lowest BCUT2D eigenvalue weighted by atomic mass is 9.84. The lowest BCUT2D eigenvalue weighted by Crippen LogP contribution is -2.10. The Hall–Kier alpha value is -6.64. The largest absolute Gasteiger partial charge is 0.456 e. The van der Waals surface area contributed by atoms with Gasteiger partial charge in [-0.05, 0) is 119 Å². The van der Waals surface area contributed by atoms with Crippen LogP contribution >= 0.6 is 0 Å². The third kappa shape index (κ3) is 6.19. The molecular formula is C51H39NO. The number of para-hydroxylation sites is 3. The van der Waals surface area contributed by atoms with Gasteiger partial charge < -0.3 is 9.32 Å². The maximum absolute atomic E-state index is 6.17. The molecule has 2 nitrogen and oxygen atoms in total. The number of aryl methyl sites for hydroxylation is 2. The van der Waals surface area contributed by atoms with Crippen molar-refractivity contribution in [2.45, 2.75) is 19.8 Å². The molecule has 9 aromatic rings. The minimum absolute atomic E-state index is 0.0917. The van der Waals surface area contributed by atoms with Gasteiger partial charge in [-0.3, -0.25) is 0 Å². The van der Waals surface area contributed by atoms with Gasteiger partial charge in [0.25, 0.3) is 0 Å². The molecule has 2 heteroatoms. The zero-order valence-corrected chi connectivity index (χ0v) is 29.9. The third-order valence-electron chi connectivity index (χ3n) is 10.5. The Morgan fingerprint density at radius 3 is 1.66 bits per heavy atom. The fourth-order valence-corrected chi connectivity index (χ4v) is 7.80. The zero-order valence-electron chi connectivity index (χ0n) is 29.9. The molecule has 1 heterocycles. The van der Waals surface area contributed by atoms with Crippen molar-refractivity contribution in [2.75, 3.05) is 4.90 Å². The van der Waals surface area contributed by atoms with Crippen molar-refractivity contribution in [2.24, 2.45) is 0 Å². The Morgan fingerprint density at radius 1 is 0.377 bits per heavy atom. The molecule has 0 saturated heterocycles. The molecule has 0 aliphatic carbocycles. The SMILES string of the molecule is Cc1cc(-c2ccc(C(c3ccccc3)c3ccc4oc5ccccc5c4c3)cc2)ccc1-c1cc(N(c2ccccc2)c2ccccc2)ccc1C. The number of nitrogens with zero attached hydrogens (tertiary/aromatic N) is 1. The topological polar surface area (TPSA) is 16.4 Å². The van der Waals surface area contributed by atoms with E-state index in [4.69, 9.17) is 4.42 Å². The van der Waals surface area contributed by atoms with E-state index in [1.54, 1.807) is 0 Å². The second-order valence-corrected chi connectivity index (χ2v) is 13.9. The third-order valence-corrected chi connectivity index (χ3v) is 10.5.